The van der Waals surface area contributed by atoms with Crippen molar-refractivity contribution in [1.82, 2.24) is 20.2 Å². The van der Waals surface area contributed by atoms with Crippen LogP contribution in [0.1, 0.15) is 60.0 Å². The van der Waals surface area contributed by atoms with Crippen LogP contribution in [-0.2, 0) is 4.79 Å². The second kappa shape index (κ2) is 10.2. The van der Waals surface area contributed by atoms with Crippen molar-refractivity contribution in [2.45, 2.75) is 39.7 Å². The molecule has 1 fully saturated rings. The quantitative estimate of drug-likeness (QED) is 0.444. The lowest BCUT2D eigenvalue weighted by Crippen LogP contribution is -2.49. The highest BCUT2D eigenvalue weighted by Crippen LogP contribution is 2.18. The van der Waals surface area contributed by atoms with Crippen molar-refractivity contribution in [3.8, 4) is 0 Å². The first-order chi connectivity index (χ1) is 16.7. The van der Waals surface area contributed by atoms with E-state index < -0.39 is 5.41 Å². The fraction of sp³-hybridized carbons (Fsp3) is 0.321. The van der Waals surface area contributed by atoms with Gasteiger partial charge in [-0.25, -0.2) is 4.98 Å². The van der Waals surface area contributed by atoms with Crippen LogP contribution in [0.3, 0.4) is 0 Å². The zero-order chi connectivity index (χ0) is 25.0. The Kier molecular flexibility index (Phi) is 7.05. The number of nitrogens with one attached hydrogen (secondary N) is 1. The average molecular weight is 471 g/mol. The minimum atomic E-state index is -0.426. The van der Waals surface area contributed by atoms with Crippen LogP contribution in [0.15, 0.2) is 60.8 Å². The number of para-hydroxylation sites is 2. The standard InChI is InChI=1S/C28H30N4O3/c1-28(2,3)27(35)31-21-14-16-32(17-15-21)26(34)20-10-8-19(9-11-20)25(33)13-12-22-18-29-23-6-4-5-7-24(23)30-22/h4-13,18,21H,14-17H2,1-3H3,(H,31,35)/b13-12+. The third kappa shape index (κ3) is 5.98. The van der Waals surface area contributed by atoms with E-state index in [1.165, 1.54) is 6.08 Å². The molecule has 0 saturated carbocycles. The van der Waals surface area contributed by atoms with Crippen molar-refractivity contribution < 1.29 is 14.4 Å². The van der Waals surface area contributed by atoms with Crippen LogP contribution in [-0.4, -0.2) is 51.6 Å². The molecular formula is C28H30N4O3. The number of fused-ring (bicyclic) bond motifs is 1. The molecule has 0 unspecified atom stereocenters. The molecule has 7 nitrogen and oxygen atoms in total. The highest BCUT2D eigenvalue weighted by molar-refractivity contribution is 6.07. The molecule has 1 aromatic heterocycles. The van der Waals surface area contributed by atoms with E-state index in [2.05, 4.69) is 15.3 Å². The maximum absolute atomic E-state index is 12.9. The number of carbonyl (C=O) groups is 3. The topological polar surface area (TPSA) is 92.3 Å². The van der Waals surface area contributed by atoms with Gasteiger partial charge in [0.05, 0.1) is 22.9 Å². The molecule has 1 saturated heterocycles. The number of hydrogen-bond acceptors (Lipinski definition) is 5. The Bertz CT molecular complexity index is 1270. The molecule has 1 aliphatic rings. The van der Waals surface area contributed by atoms with Crippen molar-refractivity contribution in [3.05, 3.63) is 77.6 Å². The van der Waals surface area contributed by atoms with Gasteiger partial charge in [-0.1, -0.05) is 45.0 Å². The number of hydrogen-bond donors (Lipinski definition) is 1. The van der Waals surface area contributed by atoms with Crippen molar-refractivity contribution in [1.29, 1.82) is 0 Å². The number of piperidine rings is 1. The maximum Gasteiger partial charge on any atom is 0.253 e. The molecule has 35 heavy (non-hydrogen) atoms. The van der Waals surface area contributed by atoms with E-state index in [1.54, 1.807) is 41.4 Å². The van der Waals surface area contributed by atoms with Gasteiger partial charge in [0, 0.05) is 35.7 Å². The molecule has 0 radical (unpaired) electrons. The highest BCUT2D eigenvalue weighted by Gasteiger charge is 2.28. The van der Waals surface area contributed by atoms with Gasteiger partial charge in [0.25, 0.3) is 5.91 Å². The molecule has 3 aromatic rings. The third-order valence-electron chi connectivity index (χ3n) is 6.09. The molecule has 180 valence electrons. The largest absolute Gasteiger partial charge is 0.353 e. The van der Waals surface area contributed by atoms with Crippen LogP contribution in [0.4, 0.5) is 0 Å². The van der Waals surface area contributed by atoms with Gasteiger partial charge in [0.1, 0.15) is 0 Å². The highest BCUT2D eigenvalue weighted by atomic mass is 16.2. The molecule has 1 N–H and O–H groups in total. The summed E-state index contributed by atoms with van der Waals surface area (Å²) >= 11 is 0. The lowest BCUT2D eigenvalue weighted by molar-refractivity contribution is -0.129. The number of likely N-dealkylation sites (tertiary alicyclic amines) is 1. The van der Waals surface area contributed by atoms with Gasteiger partial charge in [-0.15, -0.1) is 0 Å². The normalized spacial score (nSPS) is 14.9. The van der Waals surface area contributed by atoms with Gasteiger partial charge in [0.2, 0.25) is 5.91 Å². The van der Waals surface area contributed by atoms with E-state index in [4.69, 9.17) is 0 Å². The number of nitrogens with zero attached hydrogens (tertiary/aromatic N) is 3. The Morgan fingerprint density at radius 1 is 0.943 bits per heavy atom. The van der Waals surface area contributed by atoms with Crippen molar-refractivity contribution >= 4 is 34.7 Å². The van der Waals surface area contributed by atoms with E-state index in [1.807, 2.05) is 45.0 Å². The average Bonchev–Trinajstić information content (AvgIpc) is 2.86. The molecule has 4 rings (SSSR count). The molecule has 0 bridgehead atoms. The van der Waals surface area contributed by atoms with Crippen molar-refractivity contribution in [3.63, 3.8) is 0 Å². The molecule has 1 aliphatic heterocycles. The van der Waals surface area contributed by atoms with Crippen LogP contribution >= 0.6 is 0 Å². The van der Waals surface area contributed by atoms with Crippen molar-refractivity contribution in [2.24, 2.45) is 5.41 Å². The second-order valence-electron chi connectivity index (χ2n) is 9.85. The van der Waals surface area contributed by atoms with Crippen LogP contribution in [0, 0.1) is 5.41 Å². The Balaban J connectivity index is 1.33. The molecule has 2 heterocycles. The van der Waals surface area contributed by atoms with E-state index in [0.29, 0.717) is 29.9 Å². The molecule has 7 heteroatoms. The number of carbonyl (C=O) groups excluding carboxylic acids is 3. The Hall–Kier alpha value is -3.87. The van der Waals surface area contributed by atoms with Gasteiger partial charge in [-0.05, 0) is 49.3 Å². The van der Waals surface area contributed by atoms with Crippen LogP contribution in [0.5, 0.6) is 0 Å². The smallest absolute Gasteiger partial charge is 0.253 e. The molecule has 2 amide bonds. The summed E-state index contributed by atoms with van der Waals surface area (Å²) in [5.74, 6) is -0.204. The molecule has 2 aromatic carbocycles. The number of benzene rings is 2. The first-order valence-corrected chi connectivity index (χ1v) is 11.9. The van der Waals surface area contributed by atoms with Gasteiger partial charge in [-0.3, -0.25) is 19.4 Å². The lowest BCUT2D eigenvalue weighted by atomic mass is 9.94. The summed E-state index contributed by atoms with van der Waals surface area (Å²) in [6.07, 6.45) is 6.19. The first-order valence-electron chi connectivity index (χ1n) is 11.9. The molecule has 0 spiro atoms. The summed E-state index contributed by atoms with van der Waals surface area (Å²) in [6.45, 7) is 6.85. The summed E-state index contributed by atoms with van der Waals surface area (Å²) in [7, 11) is 0. The van der Waals surface area contributed by atoms with Crippen LogP contribution < -0.4 is 5.32 Å². The molecular weight excluding hydrogens is 440 g/mol. The number of ketones is 1. The van der Waals surface area contributed by atoms with Gasteiger partial charge < -0.3 is 10.2 Å². The van der Waals surface area contributed by atoms with E-state index in [9.17, 15) is 14.4 Å². The van der Waals surface area contributed by atoms with Crippen LogP contribution in [0.25, 0.3) is 17.1 Å². The predicted octanol–water partition coefficient (Wildman–Crippen LogP) is 4.29. The zero-order valence-electron chi connectivity index (χ0n) is 20.3. The van der Waals surface area contributed by atoms with E-state index >= 15 is 0 Å². The van der Waals surface area contributed by atoms with E-state index in [-0.39, 0.29) is 23.6 Å². The fourth-order valence-corrected chi connectivity index (χ4v) is 3.90. The first kappa shape index (κ1) is 24.3. The second-order valence-corrected chi connectivity index (χ2v) is 9.85. The van der Waals surface area contributed by atoms with Crippen LogP contribution in [0.2, 0.25) is 0 Å². The van der Waals surface area contributed by atoms with Crippen molar-refractivity contribution in [2.75, 3.05) is 13.1 Å². The lowest BCUT2D eigenvalue weighted by Gasteiger charge is -2.33. The number of aromatic nitrogens is 2. The summed E-state index contributed by atoms with van der Waals surface area (Å²) < 4.78 is 0. The van der Waals surface area contributed by atoms with E-state index in [0.717, 1.165) is 23.9 Å². The Morgan fingerprint density at radius 3 is 2.23 bits per heavy atom. The maximum atomic E-state index is 12.9. The molecule has 0 atom stereocenters. The number of allylic oxidation sites excluding steroid dienone is 1. The number of rotatable bonds is 5. The molecule has 0 aliphatic carbocycles. The predicted molar refractivity (Wildman–Crippen MR) is 136 cm³/mol. The van der Waals surface area contributed by atoms with Gasteiger partial charge in [0.15, 0.2) is 5.78 Å². The Morgan fingerprint density at radius 2 is 1.57 bits per heavy atom. The minimum Gasteiger partial charge on any atom is -0.353 e. The summed E-state index contributed by atoms with van der Waals surface area (Å²) in [6, 6.07) is 14.4. The zero-order valence-corrected chi connectivity index (χ0v) is 20.3. The summed E-state index contributed by atoms with van der Waals surface area (Å²) in [5, 5.41) is 3.08. The summed E-state index contributed by atoms with van der Waals surface area (Å²) in [5.41, 5.74) is 2.79. The summed E-state index contributed by atoms with van der Waals surface area (Å²) in [4.78, 5) is 48.3. The van der Waals surface area contributed by atoms with Gasteiger partial charge >= 0.3 is 0 Å². The SMILES string of the molecule is CC(C)(C)C(=O)NC1CCN(C(=O)c2ccc(C(=O)/C=C/c3cnc4ccccc4n3)cc2)CC1. The fourth-order valence-electron chi connectivity index (χ4n) is 3.90. The number of amides is 2. The van der Waals surface area contributed by atoms with Gasteiger partial charge in [-0.2, -0.15) is 0 Å². The third-order valence-corrected chi connectivity index (χ3v) is 6.09. The Labute approximate surface area is 205 Å². The minimum absolute atomic E-state index is 0.0317. The monoisotopic (exact) mass is 470 g/mol.